The van der Waals surface area contributed by atoms with E-state index in [1.165, 1.54) is 30.0 Å². The Labute approximate surface area is 178 Å². The minimum Gasteiger partial charge on any atom is -0.350 e. The lowest BCUT2D eigenvalue weighted by molar-refractivity contribution is -0.120. The normalized spacial score (nSPS) is 13.9. The molecule has 3 aromatic rings. The van der Waals surface area contributed by atoms with Crippen molar-refractivity contribution < 1.29 is 14.0 Å². The number of halogens is 1. The summed E-state index contributed by atoms with van der Waals surface area (Å²) in [6, 6.07) is 22.7. The molecule has 0 atom stereocenters. The van der Waals surface area contributed by atoms with E-state index in [0.29, 0.717) is 5.69 Å². The van der Waals surface area contributed by atoms with Gasteiger partial charge in [-0.15, -0.1) is 0 Å². The van der Waals surface area contributed by atoms with E-state index < -0.39 is 17.6 Å². The number of hydrogen-bond donors (Lipinski definition) is 1. The van der Waals surface area contributed by atoms with Crippen molar-refractivity contribution in [3.05, 3.63) is 101 Å². The van der Waals surface area contributed by atoms with Gasteiger partial charge in [-0.2, -0.15) is 0 Å². The summed E-state index contributed by atoms with van der Waals surface area (Å²) in [6.45, 7) is 2.06. The molecular formula is C24H19FN2O2S. The molecule has 0 saturated carbocycles. The van der Waals surface area contributed by atoms with Crippen molar-refractivity contribution in [3.63, 3.8) is 0 Å². The molecule has 0 bridgehead atoms. The molecule has 0 unspecified atom stereocenters. The van der Waals surface area contributed by atoms with Crippen LogP contribution in [0.4, 0.5) is 15.8 Å². The van der Waals surface area contributed by atoms with Gasteiger partial charge in [0.1, 0.15) is 16.4 Å². The summed E-state index contributed by atoms with van der Waals surface area (Å²) in [6.07, 6.45) is 0.899. The minimum atomic E-state index is -0.628. The highest BCUT2D eigenvalue weighted by atomic mass is 32.2. The van der Waals surface area contributed by atoms with Gasteiger partial charge < -0.3 is 5.32 Å². The Kier molecular flexibility index (Phi) is 5.68. The number of rotatable bonds is 6. The molecule has 0 radical (unpaired) electrons. The predicted octanol–water partition coefficient (Wildman–Crippen LogP) is 5.38. The number of hydrogen-bond acceptors (Lipinski definition) is 4. The monoisotopic (exact) mass is 418 g/mol. The Bertz CT molecular complexity index is 1130. The number of imide groups is 1. The van der Waals surface area contributed by atoms with Crippen LogP contribution < -0.4 is 10.2 Å². The van der Waals surface area contributed by atoms with Gasteiger partial charge in [0.05, 0.1) is 5.69 Å². The maximum absolute atomic E-state index is 14.4. The average Bonchev–Trinajstić information content (AvgIpc) is 2.99. The maximum atomic E-state index is 14.4. The number of benzene rings is 3. The van der Waals surface area contributed by atoms with Crippen LogP contribution in [0.5, 0.6) is 0 Å². The Balaban J connectivity index is 1.74. The standard InChI is InChI=1S/C24H19FN2O2S/c1-2-16-12-14-17(15-13-16)26-21-22(30-18-8-4-3-5-9-18)24(29)27(23(21)28)20-11-7-6-10-19(20)25/h3-15,26H,2H2,1H3. The zero-order valence-electron chi connectivity index (χ0n) is 16.3. The molecule has 1 heterocycles. The molecule has 30 heavy (non-hydrogen) atoms. The van der Waals surface area contributed by atoms with Gasteiger partial charge in [-0.1, -0.05) is 61.2 Å². The molecule has 6 heteroatoms. The van der Waals surface area contributed by atoms with Gasteiger partial charge in [-0.25, -0.2) is 9.29 Å². The lowest BCUT2D eigenvalue weighted by Gasteiger charge is -2.16. The van der Waals surface area contributed by atoms with E-state index in [2.05, 4.69) is 12.2 Å². The molecule has 1 aliphatic rings. The number of nitrogens with zero attached hydrogens (tertiary/aromatic N) is 1. The Morgan fingerprint density at radius 2 is 1.53 bits per heavy atom. The van der Waals surface area contributed by atoms with Crippen molar-refractivity contribution in [2.45, 2.75) is 18.2 Å². The lowest BCUT2D eigenvalue weighted by atomic mass is 10.1. The van der Waals surface area contributed by atoms with Crippen molar-refractivity contribution in [3.8, 4) is 0 Å². The van der Waals surface area contributed by atoms with Gasteiger partial charge in [0.15, 0.2) is 0 Å². The van der Waals surface area contributed by atoms with E-state index in [9.17, 15) is 14.0 Å². The molecule has 0 aromatic heterocycles. The molecule has 2 amide bonds. The van der Waals surface area contributed by atoms with Gasteiger partial charge >= 0.3 is 0 Å². The first kappa shape index (κ1) is 19.9. The quantitative estimate of drug-likeness (QED) is 0.546. The largest absolute Gasteiger partial charge is 0.350 e. The fraction of sp³-hybridized carbons (Fsp3) is 0.0833. The summed E-state index contributed by atoms with van der Waals surface area (Å²) >= 11 is 1.18. The van der Waals surface area contributed by atoms with Crippen LogP contribution in [0.3, 0.4) is 0 Å². The number of nitrogens with one attached hydrogen (secondary N) is 1. The highest BCUT2D eigenvalue weighted by Crippen LogP contribution is 2.38. The molecular weight excluding hydrogens is 399 g/mol. The Morgan fingerprint density at radius 1 is 0.867 bits per heavy atom. The third-order valence-electron chi connectivity index (χ3n) is 4.73. The van der Waals surface area contributed by atoms with Crippen molar-refractivity contribution in [2.24, 2.45) is 0 Å². The van der Waals surface area contributed by atoms with Crippen molar-refractivity contribution in [1.29, 1.82) is 0 Å². The first-order valence-corrected chi connectivity index (χ1v) is 10.4. The molecule has 1 aliphatic heterocycles. The van der Waals surface area contributed by atoms with E-state index in [4.69, 9.17) is 0 Å². The van der Waals surface area contributed by atoms with Crippen LogP contribution in [-0.2, 0) is 16.0 Å². The van der Waals surface area contributed by atoms with Gasteiger partial charge in [-0.05, 0) is 48.4 Å². The van der Waals surface area contributed by atoms with Gasteiger partial charge in [0.25, 0.3) is 11.8 Å². The van der Waals surface area contributed by atoms with Gasteiger partial charge in [-0.3, -0.25) is 9.59 Å². The molecule has 4 nitrogen and oxygen atoms in total. The summed E-state index contributed by atoms with van der Waals surface area (Å²) in [4.78, 5) is 28.3. The summed E-state index contributed by atoms with van der Waals surface area (Å²) in [5.41, 5.74) is 1.93. The first-order chi connectivity index (χ1) is 14.6. The van der Waals surface area contributed by atoms with Gasteiger partial charge in [0.2, 0.25) is 0 Å². The molecule has 0 saturated heterocycles. The van der Waals surface area contributed by atoms with E-state index in [1.807, 2.05) is 54.6 Å². The smallest absolute Gasteiger partial charge is 0.283 e. The molecule has 3 aromatic carbocycles. The lowest BCUT2D eigenvalue weighted by Crippen LogP contribution is -2.33. The number of thioether (sulfide) groups is 1. The van der Waals surface area contributed by atoms with E-state index in [0.717, 1.165) is 21.8 Å². The van der Waals surface area contributed by atoms with Crippen LogP contribution in [-0.4, -0.2) is 11.8 Å². The number of amides is 2. The predicted molar refractivity (Wildman–Crippen MR) is 118 cm³/mol. The van der Waals surface area contributed by atoms with E-state index >= 15 is 0 Å². The van der Waals surface area contributed by atoms with Crippen LogP contribution >= 0.6 is 11.8 Å². The summed E-state index contributed by atoms with van der Waals surface area (Å²) in [7, 11) is 0. The van der Waals surface area contributed by atoms with Crippen LogP contribution in [0, 0.1) is 5.82 Å². The maximum Gasteiger partial charge on any atom is 0.283 e. The fourth-order valence-corrected chi connectivity index (χ4v) is 4.09. The first-order valence-electron chi connectivity index (χ1n) is 9.55. The molecule has 0 fully saturated rings. The van der Waals surface area contributed by atoms with Crippen molar-refractivity contribution >= 4 is 35.0 Å². The summed E-state index contributed by atoms with van der Waals surface area (Å²) in [5, 5.41) is 3.09. The molecule has 150 valence electrons. The van der Waals surface area contributed by atoms with E-state index in [-0.39, 0.29) is 16.3 Å². The molecule has 4 rings (SSSR count). The highest BCUT2D eigenvalue weighted by Gasteiger charge is 2.41. The number of para-hydroxylation sites is 1. The number of anilines is 2. The third-order valence-corrected chi connectivity index (χ3v) is 5.82. The second-order valence-electron chi connectivity index (χ2n) is 6.69. The zero-order chi connectivity index (χ0) is 21.1. The van der Waals surface area contributed by atoms with Crippen molar-refractivity contribution in [1.82, 2.24) is 0 Å². The highest BCUT2D eigenvalue weighted by molar-refractivity contribution is 8.04. The third kappa shape index (κ3) is 3.86. The Hall–Kier alpha value is -3.38. The minimum absolute atomic E-state index is 0.0585. The Morgan fingerprint density at radius 3 is 2.20 bits per heavy atom. The van der Waals surface area contributed by atoms with Crippen LogP contribution in [0.25, 0.3) is 0 Å². The number of carbonyl (C=O) groups excluding carboxylic acids is 2. The van der Waals surface area contributed by atoms with Crippen LogP contribution in [0.1, 0.15) is 12.5 Å². The fourth-order valence-electron chi connectivity index (χ4n) is 3.14. The zero-order valence-corrected chi connectivity index (χ0v) is 17.1. The second kappa shape index (κ2) is 8.55. The molecule has 1 N–H and O–H groups in total. The topological polar surface area (TPSA) is 49.4 Å². The summed E-state index contributed by atoms with van der Waals surface area (Å²) < 4.78 is 14.4. The van der Waals surface area contributed by atoms with E-state index in [1.54, 1.807) is 6.07 Å². The van der Waals surface area contributed by atoms with Crippen LogP contribution in [0.2, 0.25) is 0 Å². The second-order valence-corrected chi connectivity index (χ2v) is 7.78. The number of aryl methyl sites for hydroxylation is 1. The molecule has 0 aliphatic carbocycles. The average molecular weight is 418 g/mol. The van der Waals surface area contributed by atoms with Gasteiger partial charge in [0, 0.05) is 10.6 Å². The SMILES string of the molecule is CCc1ccc(NC2=C(Sc3ccccc3)C(=O)N(c3ccccc3F)C2=O)cc1. The van der Waals surface area contributed by atoms with Crippen LogP contribution in [0.15, 0.2) is 94.4 Å². The molecule has 0 spiro atoms. The van der Waals surface area contributed by atoms with Crippen molar-refractivity contribution in [2.75, 3.05) is 10.2 Å². The summed E-state index contributed by atoms with van der Waals surface area (Å²) in [5.74, 6) is -1.76. The number of carbonyl (C=O) groups is 2.